The first-order chi connectivity index (χ1) is 15.5. The van der Waals surface area contributed by atoms with Crippen molar-refractivity contribution in [2.24, 2.45) is 0 Å². The number of pyridine rings is 2. The number of carbonyl (C=O) groups is 1. The molecular weight excluding hydrogens is 591 g/mol. The summed E-state index contributed by atoms with van der Waals surface area (Å²) in [6, 6.07) is 23.8. The molecule has 2 heterocycles. The Morgan fingerprint density at radius 1 is 0.848 bits per heavy atom. The predicted octanol–water partition coefficient (Wildman–Crippen LogP) is 5.65. The first kappa shape index (κ1) is 22.8. The van der Waals surface area contributed by atoms with Gasteiger partial charge in [0.25, 0.3) is 0 Å². The first-order valence-corrected chi connectivity index (χ1v) is 10.5. The molecule has 0 unspecified atom stereocenters. The SMILES string of the molecule is CC(=O)/C=C(/C)O.[Pt].[c-]1nccc2c1-c1ncccc1C21c2ccccc2-c2ccccc21. The molecule has 4 aromatic rings. The minimum atomic E-state index is -0.314. The maximum atomic E-state index is 10.0. The fourth-order valence-corrected chi connectivity index (χ4v) is 5.01. The van der Waals surface area contributed by atoms with Crippen LogP contribution in [0.1, 0.15) is 36.1 Å². The van der Waals surface area contributed by atoms with E-state index in [1.807, 2.05) is 18.5 Å². The topological polar surface area (TPSA) is 63.1 Å². The van der Waals surface area contributed by atoms with Gasteiger partial charge < -0.3 is 15.1 Å². The maximum absolute atomic E-state index is 10.0. The molecule has 0 atom stereocenters. The van der Waals surface area contributed by atoms with Crippen LogP contribution < -0.4 is 0 Å². The van der Waals surface area contributed by atoms with E-state index in [1.165, 1.54) is 53.3 Å². The van der Waals surface area contributed by atoms with Crippen LogP contribution in [-0.2, 0) is 31.3 Å². The van der Waals surface area contributed by atoms with E-state index in [0.717, 1.165) is 11.3 Å². The molecule has 166 valence electrons. The van der Waals surface area contributed by atoms with Gasteiger partial charge in [0.1, 0.15) is 0 Å². The third kappa shape index (κ3) is 3.46. The number of benzene rings is 2. The number of rotatable bonds is 1. The van der Waals surface area contributed by atoms with Crippen LogP contribution >= 0.6 is 0 Å². The van der Waals surface area contributed by atoms with Gasteiger partial charge in [-0.15, -0.1) is 17.2 Å². The van der Waals surface area contributed by atoms with E-state index >= 15 is 0 Å². The van der Waals surface area contributed by atoms with Crippen molar-refractivity contribution in [3.05, 3.63) is 119 Å². The van der Waals surface area contributed by atoms with Crippen molar-refractivity contribution in [1.82, 2.24) is 9.97 Å². The van der Waals surface area contributed by atoms with Crippen molar-refractivity contribution >= 4 is 5.78 Å². The molecule has 2 aliphatic carbocycles. The molecule has 6 rings (SSSR count). The quantitative estimate of drug-likeness (QED) is 0.148. The number of hydrogen-bond donors (Lipinski definition) is 1. The number of carbonyl (C=O) groups excluding carboxylic acids is 1. The van der Waals surface area contributed by atoms with Gasteiger partial charge in [0.05, 0.1) is 5.76 Å². The van der Waals surface area contributed by atoms with E-state index in [1.54, 1.807) is 0 Å². The van der Waals surface area contributed by atoms with Gasteiger partial charge in [-0.05, 0) is 54.1 Å². The zero-order chi connectivity index (χ0) is 22.3. The fourth-order valence-electron chi connectivity index (χ4n) is 5.01. The molecule has 0 radical (unpaired) electrons. The number of allylic oxidation sites excluding steroid dienone is 2. The minimum absolute atomic E-state index is 0. The summed E-state index contributed by atoms with van der Waals surface area (Å²) in [4.78, 5) is 19.0. The van der Waals surface area contributed by atoms with Crippen LogP contribution in [0, 0.1) is 6.20 Å². The average molecular weight is 613 g/mol. The predicted molar refractivity (Wildman–Crippen MR) is 124 cm³/mol. The third-order valence-corrected chi connectivity index (χ3v) is 5.98. The van der Waals surface area contributed by atoms with E-state index < -0.39 is 0 Å². The second-order valence-corrected chi connectivity index (χ2v) is 7.98. The molecule has 0 saturated carbocycles. The van der Waals surface area contributed by atoms with Crippen molar-refractivity contribution in [3.63, 3.8) is 0 Å². The number of nitrogens with zero attached hydrogens (tertiary/aromatic N) is 2. The van der Waals surface area contributed by atoms with Gasteiger partial charge >= 0.3 is 0 Å². The number of ketones is 1. The van der Waals surface area contributed by atoms with Gasteiger partial charge in [0.2, 0.25) is 0 Å². The van der Waals surface area contributed by atoms with Gasteiger partial charge in [-0.1, -0.05) is 66.4 Å². The molecule has 2 aliphatic rings. The summed E-state index contributed by atoms with van der Waals surface area (Å²) in [7, 11) is 0. The van der Waals surface area contributed by atoms with Gasteiger partial charge in [-0.25, -0.2) is 0 Å². The molecule has 0 fully saturated rings. The summed E-state index contributed by atoms with van der Waals surface area (Å²) >= 11 is 0. The molecule has 2 aromatic heterocycles. The number of aliphatic hydroxyl groups excluding tert-OH is 1. The second kappa shape index (κ2) is 8.88. The van der Waals surface area contributed by atoms with Gasteiger partial charge in [0, 0.05) is 38.8 Å². The molecule has 4 nitrogen and oxygen atoms in total. The van der Waals surface area contributed by atoms with E-state index in [2.05, 4.69) is 71.8 Å². The molecule has 33 heavy (non-hydrogen) atoms. The van der Waals surface area contributed by atoms with E-state index in [-0.39, 0.29) is 38.0 Å². The maximum Gasteiger partial charge on any atom is 0.155 e. The van der Waals surface area contributed by atoms with E-state index in [9.17, 15) is 4.79 Å². The normalized spacial score (nSPS) is 13.6. The van der Waals surface area contributed by atoms with Gasteiger partial charge in [-0.2, -0.15) is 0 Å². The number of aromatic nitrogens is 2. The monoisotopic (exact) mass is 612 g/mol. The van der Waals surface area contributed by atoms with Gasteiger partial charge in [0.15, 0.2) is 5.78 Å². The molecule has 1 N–H and O–H groups in total. The summed E-state index contributed by atoms with van der Waals surface area (Å²) in [5.74, 6) is -0.0625. The van der Waals surface area contributed by atoms with Crippen LogP contribution in [0.25, 0.3) is 22.4 Å². The molecular formula is C28H21N2O2Pt-. The molecule has 1 spiro atoms. The Kier molecular flexibility index (Phi) is 6.14. The molecule has 5 heteroatoms. The third-order valence-electron chi connectivity index (χ3n) is 5.98. The Morgan fingerprint density at radius 2 is 1.45 bits per heavy atom. The van der Waals surface area contributed by atoms with Crippen molar-refractivity contribution in [2.45, 2.75) is 19.3 Å². The first-order valence-electron chi connectivity index (χ1n) is 10.5. The van der Waals surface area contributed by atoms with Crippen LogP contribution in [0.2, 0.25) is 0 Å². The molecule has 2 aromatic carbocycles. The number of aliphatic hydroxyl groups is 1. The van der Waals surface area contributed by atoms with Crippen molar-refractivity contribution in [3.8, 4) is 22.4 Å². The standard InChI is InChI=1S/C23H13N2.C5H8O2.Pt/c1-3-8-18-15(6-1)16-7-2-4-9-19(16)23(18)20-11-13-24-14-17(20)22-21(23)10-5-12-25-22;1-4(6)3-5(2)7;/h1-13H;3,6H,1-2H3;/q-1;;/b;4-3-;. The zero-order valence-electron chi connectivity index (χ0n) is 18.1. The van der Waals surface area contributed by atoms with E-state index in [4.69, 9.17) is 10.1 Å². The van der Waals surface area contributed by atoms with Crippen molar-refractivity contribution in [2.75, 3.05) is 0 Å². The van der Waals surface area contributed by atoms with E-state index in [0.29, 0.717) is 0 Å². The second-order valence-electron chi connectivity index (χ2n) is 7.98. The Balaban J connectivity index is 0.000000287. The Labute approximate surface area is 207 Å². The van der Waals surface area contributed by atoms with Crippen LogP contribution in [0.3, 0.4) is 0 Å². The Hall–Kier alpha value is -3.36. The van der Waals surface area contributed by atoms with Crippen LogP contribution in [0.15, 0.2) is 91.0 Å². The van der Waals surface area contributed by atoms with Crippen LogP contribution in [-0.4, -0.2) is 20.9 Å². The molecule has 0 bridgehead atoms. The zero-order valence-corrected chi connectivity index (χ0v) is 20.4. The smallest absolute Gasteiger partial charge is 0.155 e. The van der Waals surface area contributed by atoms with Crippen LogP contribution in [0.5, 0.6) is 0 Å². The minimum Gasteiger partial charge on any atom is -0.512 e. The van der Waals surface area contributed by atoms with Crippen LogP contribution in [0.4, 0.5) is 0 Å². The summed E-state index contributed by atoms with van der Waals surface area (Å²) in [5.41, 5.74) is 9.41. The van der Waals surface area contributed by atoms with Crippen molar-refractivity contribution in [1.29, 1.82) is 0 Å². The largest absolute Gasteiger partial charge is 0.512 e. The fraction of sp³-hybridized carbons (Fsp3) is 0.107. The number of hydrogen-bond acceptors (Lipinski definition) is 4. The molecule has 0 saturated heterocycles. The molecule has 0 amide bonds. The summed E-state index contributed by atoms with van der Waals surface area (Å²) in [5, 5.41) is 8.36. The summed E-state index contributed by atoms with van der Waals surface area (Å²) < 4.78 is 0. The van der Waals surface area contributed by atoms with Gasteiger partial charge in [-0.3, -0.25) is 4.79 Å². The number of fused-ring (bicyclic) bond motifs is 10. The Bertz CT molecular complexity index is 1200. The van der Waals surface area contributed by atoms with Crippen molar-refractivity contribution < 1.29 is 31.0 Å². The summed E-state index contributed by atoms with van der Waals surface area (Å²) in [6.07, 6.45) is 8.07. The summed E-state index contributed by atoms with van der Waals surface area (Å²) in [6.45, 7) is 2.85. The Morgan fingerprint density at radius 3 is 2.03 bits per heavy atom. The molecule has 0 aliphatic heterocycles. The average Bonchev–Trinajstić information content (AvgIpc) is 3.26.